The fourth-order valence-electron chi connectivity index (χ4n) is 6.01. The summed E-state index contributed by atoms with van der Waals surface area (Å²) in [5, 5.41) is 0. The summed E-state index contributed by atoms with van der Waals surface area (Å²) in [6.07, 6.45) is 0.554. The van der Waals surface area contributed by atoms with Crippen LogP contribution in [0.5, 0.6) is 0 Å². The summed E-state index contributed by atoms with van der Waals surface area (Å²) in [5.41, 5.74) is 4.79. The maximum absolute atomic E-state index is 13.3. The molecule has 0 radical (unpaired) electrons. The highest BCUT2D eigenvalue weighted by atomic mass is 16.7. The zero-order chi connectivity index (χ0) is 25.1. The van der Waals surface area contributed by atoms with E-state index in [0.29, 0.717) is 39.3 Å². The Balaban J connectivity index is 1.24. The number of nitrogens with zero attached hydrogens (tertiary/aromatic N) is 1. The van der Waals surface area contributed by atoms with Crippen LogP contribution in [0.4, 0.5) is 4.79 Å². The number of piperidine rings is 1. The number of fused-ring (bicyclic) bond motifs is 5. The molecule has 0 saturated carbocycles. The standard InChI is InChI=1S/C29H35NO6/c1-3-34-28(35-4-2)15-27(31)19-13-20-16-33-17-21(14-19)30(20)29(32)36-18-26-24-11-7-5-9-22(24)23-10-6-8-12-25(23)26/h5-12,19-21,26,28H,3-4,13-18H2,1-2H3. The fourth-order valence-corrected chi connectivity index (χ4v) is 6.01. The number of hydrogen-bond acceptors (Lipinski definition) is 6. The van der Waals surface area contributed by atoms with Gasteiger partial charge in [0.2, 0.25) is 0 Å². The van der Waals surface area contributed by atoms with E-state index in [1.165, 1.54) is 22.3 Å². The summed E-state index contributed by atoms with van der Waals surface area (Å²) in [7, 11) is 0. The van der Waals surface area contributed by atoms with E-state index in [1.807, 2.05) is 43.0 Å². The third kappa shape index (κ3) is 4.92. The van der Waals surface area contributed by atoms with E-state index in [-0.39, 0.29) is 48.8 Å². The smallest absolute Gasteiger partial charge is 0.410 e. The van der Waals surface area contributed by atoms with E-state index < -0.39 is 6.29 Å². The number of amides is 1. The molecule has 2 atom stereocenters. The first-order valence-corrected chi connectivity index (χ1v) is 13.1. The molecular weight excluding hydrogens is 458 g/mol. The van der Waals surface area contributed by atoms with Gasteiger partial charge in [0, 0.05) is 25.0 Å². The van der Waals surface area contributed by atoms with Crippen LogP contribution in [0.2, 0.25) is 0 Å². The lowest BCUT2D eigenvalue weighted by atomic mass is 9.82. The van der Waals surface area contributed by atoms with Crippen LogP contribution in [0, 0.1) is 5.92 Å². The lowest BCUT2D eigenvalue weighted by Gasteiger charge is -2.47. The van der Waals surface area contributed by atoms with Crippen molar-refractivity contribution in [1.29, 1.82) is 0 Å². The molecule has 1 amide bonds. The second-order valence-corrected chi connectivity index (χ2v) is 9.74. The van der Waals surface area contributed by atoms with Crippen molar-refractivity contribution in [3.05, 3.63) is 59.7 Å². The van der Waals surface area contributed by atoms with Crippen molar-refractivity contribution in [2.45, 2.75) is 57.4 Å². The number of carbonyl (C=O) groups is 2. The minimum absolute atomic E-state index is 0.0191. The Morgan fingerprint density at radius 2 is 1.47 bits per heavy atom. The van der Waals surface area contributed by atoms with Crippen LogP contribution in [-0.2, 0) is 23.7 Å². The van der Waals surface area contributed by atoms with E-state index in [2.05, 4.69) is 24.3 Å². The van der Waals surface area contributed by atoms with Crippen molar-refractivity contribution in [1.82, 2.24) is 4.90 Å². The summed E-state index contributed by atoms with van der Waals surface area (Å²) in [5.74, 6) is 0.0153. The number of Topliss-reactive ketones (excluding diaryl/α,β-unsaturated/α-hetero) is 1. The highest BCUT2D eigenvalue weighted by Crippen LogP contribution is 2.44. The molecule has 0 N–H and O–H groups in total. The van der Waals surface area contributed by atoms with Crippen molar-refractivity contribution in [3.63, 3.8) is 0 Å². The molecular formula is C29H35NO6. The molecule has 2 heterocycles. The maximum atomic E-state index is 13.3. The van der Waals surface area contributed by atoms with Crippen LogP contribution in [0.1, 0.15) is 50.2 Å². The molecule has 36 heavy (non-hydrogen) atoms. The van der Waals surface area contributed by atoms with E-state index in [0.717, 1.165) is 0 Å². The molecule has 2 unspecified atom stereocenters. The maximum Gasteiger partial charge on any atom is 0.410 e. The van der Waals surface area contributed by atoms with Gasteiger partial charge in [-0.2, -0.15) is 0 Å². The SMILES string of the molecule is CCOC(CC(=O)C1CC2COCC(C1)N2C(=O)OCC1c2ccccc2-c2ccccc21)OCC. The molecule has 192 valence electrons. The Morgan fingerprint density at radius 3 is 2.03 bits per heavy atom. The highest BCUT2D eigenvalue weighted by Gasteiger charge is 2.45. The van der Waals surface area contributed by atoms with Gasteiger partial charge in [0.1, 0.15) is 12.4 Å². The Kier molecular flexibility index (Phi) is 7.70. The van der Waals surface area contributed by atoms with E-state index in [9.17, 15) is 9.59 Å². The highest BCUT2D eigenvalue weighted by molar-refractivity contribution is 5.82. The number of rotatable bonds is 9. The fraction of sp³-hybridized carbons (Fsp3) is 0.517. The van der Waals surface area contributed by atoms with Gasteiger partial charge in [0.25, 0.3) is 0 Å². The Hall–Kier alpha value is -2.74. The van der Waals surface area contributed by atoms with Crippen LogP contribution in [0.15, 0.2) is 48.5 Å². The van der Waals surface area contributed by atoms with Gasteiger partial charge >= 0.3 is 6.09 Å². The average molecular weight is 494 g/mol. The van der Waals surface area contributed by atoms with Gasteiger partial charge in [-0.3, -0.25) is 9.69 Å². The van der Waals surface area contributed by atoms with Gasteiger partial charge in [-0.05, 0) is 48.9 Å². The summed E-state index contributed by atoms with van der Waals surface area (Å²) >= 11 is 0. The molecule has 2 aromatic rings. The summed E-state index contributed by atoms with van der Waals surface area (Å²) in [4.78, 5) is 28.2. The zero-order valence-electron chi connectivity index (χ0n) is 21.1. The third-order valence-corrected chi connectivity index (χ3v) is 7.60. The van der Waals surface area contributed by atoms with Crippen molar-refractivity contribution >= 4 is 11.9 Å². The average Bonchev–Trinajstić information content (AvgIpc) is 3.20. The summed E-state index contributed by atoms with van der Waals surface area (Å²) < 4.78 is 22.9. The normalized spacial score (nSPS) is 22.9. The van der Waals surface area contributed by atoms with Crippen molar-refractivity contribution in [3.8, 4) is 11.1 Å². The minimum Gasteiger partial charge on any atom is -0.448 e. The molecule has 5 rings (SSSR count). The minimum atomic E-state index is -0.510. The number of carbonyl (C=O) groups excluding carboxylic acids is 2. The topological polar surface area (TPSA) is 74.3 Å². The van der Waals surface area contributed by atoms with Gasteiger partial charge < -0.3 is 18.9 Å². The Labute approximate surface area is 212 Å². The molecule has 0 spiro atoms. The lowest BCUT2D eigenvalue weighted by Crippen LogP contribution is -2.60. The first-order valence-electron chi connectivity index (χ1n) is 13.1. The quantitative estimate of drug-likeness (QED) is 0.469. The van der Waals surface area contributed by atoms with E-state index in [4.69, 9.17) is 18.9 Å². The molecule has 7 nitrogen and oxygen atoms in total. The van der Waals surface area contributed by atoms with Crippen molar-refractivity contribution in [2.24, 2.45) is 5.92 Å². The van der Waals surface area contributed by atoms with Crippen LogP contribution in [0.25, 0.3) is 11.1 Å². The molecule has 1 aliphatic carbocycles. The molecule has 2 aromatic carbocycles. The molecule has 2 fully saturated rings. The van der Waals surface area contributed by atoms with Crippen LogP contribution in [-0.4, -0.2) is 68.2 Å². The predicted octanol–water partition coefficient (Wildman–Crippen LogP) is 4.77. The van der Waals surface area contributed by atoms with E-state index in [1.54, 1.807) is 0 Å². The second-order valence-electron chi connectivity index (χ2n) is 9.74. The van der Waals surface area contributed by atoms with Crippen LogP contribution < -0.4 is 0 Å². The summed E-state index contributed by atoms with van der Waals surface area (Å²) in [6, 6.07) is 16.3. The molecule has 2 saturated heterocycles. The number of ether oxygens (including phenoxy) is 4. The van der Waals surface area contributed by atoms with E-state index >= 15 is 0 Å². The van der Waals surface area contributed by atoms with Gasteiger partial charge in [-0.1, -0.05) is 48.5 Å². The monoisotopic (exact) mass is 493 g/mol. The zero-order valence-corrected chi connectivity index (χ0v) is 21.1. The lowest BCUT2D eigenvalue weighted by molar-refractivity contribution is -0.158. The Bertz CT molecular complexity index is 1020. The molecule has 0 aromatic heterocycles. The van der Waals surface area contributed by atoms with Gasteiger partial charge in [0.05, 0.1) is 31.7 Å². The second kappa shape index (κ2) is 11.1. The third-order valence-electron chi connectivity index (χ3n) is 7.60. The molecule has 2 aliphatic heterocycles. The van der Waals surface area contributed by atoms with Crippen LogP contribution in [0.3, 0.4) is 0 Å². The number of morpholine rings is 1. The predicted molar refractivity (Wildman–Crippen MR) is 135 cm³/mol. The van der Waals surface area contributed by atoms with Gasteiger partial charge in [-0.25, -0.2) is 4.79 Å². The number of ketones is 1. The first-order chi connectivity index (χ1) is 17.6. The Morgan fingerprint density at radius 1 is 0.917 bits per heavy atom. The van der Waals surface area contributed by atoms with Crippen molar-refractivity contribution in [2.75, 3.05) is 33.0 Å². The van der Waals surface area contributed by atoms with Gasteiger partial charge in [-0.15, -0.1) is 0 Å². The largest absolute Gasteiger partial charge is 0.448 e. The van der Waals surface area contributed by atoms with Crippen LogP contribution >= 0.6 is 0 Å². The first kappa shape index (κ1) is 24.9. The molecule has 2 bridgehead atoms. The number of benzene rings is 2. The molecule has 7 heteroatoms. The summed E-state index contributed by atoms with van der Waals surface area (Å²) in [6.45, 7) is 5.91. The molecule has 3 aliphatic rings. The van der Waals surface area contributed by atoms with Crippen molar-refractivity contribution < 1.29 is 28.5 Å². The number of hydrogen-bond donors (Lipinski definition) is 0. The van der Waals surface area contributed by atoms with Gasteiger partial charge in [0.15, 0.2) is 6.29 Å².